The van der Waals surface area contributed by atoms with Gasteiger partial charge in [-0.1, -0.05) is 29.8 Å². The Labute approximate surface area is 203 Å². The average molecular weight is 471 g/mol. The van der Waals surface area contributed by atoms with Gasteiger partial charge in [0.05, 0.1) is 11.1 Å². The molecule has 2 aliphatic rings. The molecule has 0 atom stereocenters. The maximum atomic E-state index is 12.9. The van der Waals surface area contributed by atoms with Crippen LogP contribution in [0.25, 0.3) is 0 Å². The standard InChI is InChI=1S/C26H26N6O3/c1-17-7-9-19(10-8-17)28-22-15-18(2)27-26(29-22)31-13-11-30(12-14-31)23(33)16-32-24(34)20-5-3-4-6-21(20)25(32)35/h3-10,15H,11-14,16H2,1-2H3,(H,27,28,29). The van der Waals surface area contributed by atoms with Crippen LogP contribution in [0.1, 0.15) is 32.0 Å². The van der Waals surface area contributed by atoms with E-state index >= 15 is 0 Å². The Morgan fingerprint density at radius 3 is 2.14 bits per heavy atom. The summed E-state index contributed by atoms with van der Waals surface area (Å²) in [6.45, 7) is 5.74. The molecule has 1 N–H and O–H groups in total. The highest BCUT2D eigenvalue weighted by molar-refractivity contribution is 6.22. The molecule has 0 unspecified atom stereocenters. The van der Waals surface area contributed by atoms with Crippen molar-refractivity contribution in [3.63, 3.8) is 0 Å². The Morgan fingerprint density at radius 2 is 1.51 bits per heavy atom. The number of hydrogen-bond donors (Lipinski definition) is 1. The molecule has 9 heteroatoms. The number of nitrogens with one attached hydrogen (secondary N) is 1. The second-order valence-corrected chi connectivity index (χ2v) is 8.80. The minimum Gasteiger partial charge on any atom is -0.340 e. The van der Waals surface area contributed by atoms with Gasteiger partial charge in [-0.3, -0.25) is 19.3 Å². The molecule has 5 rings (SSSR count). The largest absolute Gasteiger partial charge is 0.340 e. The van der Waals surface area contributed by atoms with Gasteiger partial charge >= 0.3 is 0 Å². The molecule has 2 aliphatic heterocycles. The number of aryl methyl sites for hydroxylation is 2. The van der Waals surface area contributed by atoms with Gasteiger partial charge in [0.1, 0.15) is 12.4 Å². The first-order valence-electron chi connectivity index (χ1n) is 11.6. The summed E-state index contributed by atoms with van der Waals surface area (Å²) in [5.41, 5.74) is 3.67. The molecule has 3 amide bonds. The molecule has 0 saturated carbocycles. The van der Waals surface area contributed by atoms with E-state index in [0.29, 0.717) is 49.1 Å². The highest BCUT2D eigenvalue weighted by Crippen LogP contribution is 2.23. The van der Waals surface area contributed by atoms with Crippen LogP contribution in [0.4, 0.5) is 17.5 Å². The summed E-state index contributed by atoms with van der Waals surface area (Å²) < 4.78 is 0. The topological polar surface area (TPSA) is 98.7 Å². The molecule has 178 valence electrons. The van der Waals surface area contributed by atoms with E-state index in [4.69, 9.17) is 0 Å². The van der Waals surface area contributed by atoms with Gasteiger partial charge in [0.2, 0.25) is 11.9 Å². The number of amides is 3. The van der Waals surface area contributed by atoms with E-state index in [1.807, 2.05) is 49.1 Å². The summed E-state index contributed by atoms with van der Waals surface area (Å²) in [6, 6.07) is 16.6. The highest BCUT2D eigenvalue weighted by Gasteiger charge is 2.37. The predicted octanol–water partition coefficient (Wildman–Crippen LogP) is 2.78. The summed E-state index contributed by atoms with van der Waals surface area (Å²) in [4.78, 5) is 52.1. The van der Waals surface area contributed by atoms with Gasteiger partial charge in [-0.05, 0) is 38.1 Å². The molecule has 2 aromatic carbocycles. The number of benzene rings is 2. The summed E-state index contributed by atoms with van der Waals surface area (Å²) in [5, 5.41) is 3.32. The maximum Gasteiger partial charge on any atom is 0.262 e. The zero-order chi connectivity index (χ0) is 24.5. The average Bonchev–Trinajstić information content (AvgIpc) is 3.10. The summed E-state index contributed by atoms with van der Waals surface area (Å²) in [6.07, 6.45) is 0. The molecule has 35 heavy (non-hydrogen) atoms. The number of imide groups is 1. The molecule has 1 fully saturated rings. The SMILES string of the molecule is Cc1ccc(Nc2cc(C)nc(N3CCN(C(=O)CN4C(=O)c5ccccc5C4=O)CC3)n2)cc1. The van der Waals surface area contributed by atoms with E-state index in [1.165, 1.54) is 5.56 Å². The predicted molar refractivity (Wildman–Crippen MR) is 132 cm³/mol. The quantitative estimate of drug-likeness (QED) is 0.573. The van der Waals surface area contributed by atoms with Crippen molar-refractivity contribution in [2.24, 2.45) is 0 Å². The molecule has 0 bridgehead atoms. The lowest BCUT2D eigenvalue weighted by molar-refractivity contribution is -0.131. The smallest absolute Gasteiger partial charge is 0.262 e. The molecule has 0 spiro atoms. The van der Waals surface area contributed by atoms with Crippen molar-refractivity contribution in [3.05, 3.63) is 77.0 Å². The fraction of sp³-hybridized carbons (Fsp3) is 0.269. The van der Waals surface area contributed by atoms with E-state index in [1.54, 1.807) is 29.2 Å². The van der Waals surface area contributed by atoms with E-state index in [2.05, 4.69) is 15.3 Å². The van der Waals surface area contributed by atoms with Gasteiger partial charge < -0.3 is 15.1 Å². The van der Waals surface area contributed by atoms with E-state index in [0.717, 1.165) is 16.3 Å². The molecular formula is C26H26N6O3. The van der Waals surface area contributed by atoms with Crippen molar-refractivity contribution in [1.29, 1.82) is 0 Å². The number of anilines is 3. The number of piperazine rings is 1. The number of carbonyl (C=O) groups is 3. The van der Waals surface area contributed by atoms with Gasteiger partial charge in [0.15, 0.2) is 0 Å². The second kappa shape index (κ2) is 9.17. The van der Waals surface area contributed by atoms with E-state index < -0.39 is 11.8 Å². The van der Waals surface area contributed by atoms with Crippen LogP contribution in [0, 0.1) is 13.8 Å². The van der Waals surface area contributed by atoms with E-state index in [-0.39, 0.29) is 12.5 Å². The van der Waals surface area contributed by atoms with Crippen LogP contribution in [-0.2, 0) is 4.79 Å². The lowest BCUT2D eigenvalue weighted by atomic mass is 10.1. The number of carbonyl (C=O) groups excluding carboxylic acids is 3. The van der Waals surface area contributed by atoms with Gasteiger partial charge in [0.25, 0.3) is 11.8 Å². The molecule has 0 aliphatic carbocycles. The number of rotatable bonds is 5. The normalized spacial score (nSPS) is 15.4. The molecule has 3 aromatic rings. The van der Waals surface area contributed by atoms with Crippen LogP contribution in [0.2, 0.25) is 0 Å². The molecular weight excluding hydrogens is 444 g/mol. The van der Waals surface area contributed by atoms with Crippen molar-refractivity contribution in [2.75, 3.05) is 42.9 Å². The zero-order valence-electron chi connectivity index (χ0n) is 19.7. The zero-order valence-corrected chi connectivity index (χ0v) is 19.7. The first-order valence-corrected chi connectivity index (χ1v) is 11.6. The molecule has 3 heterocycles. The summed E-state index contributed by atoms with van der Waals surface area (Å²) >= 11 is 0. The fourth-order valence-electron chi connectivity index (χ4n) is 4.32. The summed E-state index contributed by atoms with van der Waals surface area (Å²) in [7, 11) is 0. The van der Waals surface area contributed by atoms with Crippen LogP contribution in [-0.4, -0.2) is 70.2 Å². The molecule has 9 nitrogen and oxygen atoms in total. The number of aromatic nitrogens is 2. The molecule has 1 saturated heterocycles. The number of nitrogens with zero attached hydrogens (tertiary/aromatic N) is 5. The third-order valence-corrected chi connectivity index (χ3v) is 6.25. The van der Waals surface area contributed by atoms with Crippen molar-refractivity contribution in [2.45, 2.75) is 13.8 Å². The Hall–Kier alpha value is -4.27. The minimum atomic E-state index is -0.417. The van der Waals surface area contributed by atoms with Crippen molar-refractivity contribution >= 4 is 35.2 Å². The van der Waals surface area contributed by atoms with Crippen molar-refractivity contribution in [1.82, 2.24) is 19.8 Å². The third-order valence-electron chi connectivity index (χ3n) is 6.25. The fourth-order valence-corrected chi connectivity index (χ4v) is 4.32. The Balaban J connectivity index is 1.21. The van der Waals surface area contributed by atoms with Gasteiger partial charge in [0, 0.05) is 43.6 Å². The minimum absolute atomic E-state index is 0.244. The van der Waals surface area contributed by atoms with Gasteiger partial charge in [-0.25, -0.2) is 4.98 Å². The monoisotopic (exact) mass is 470 g/mol. The first-order chi connectivity index (χ1) is 16.9. The van der Waals surface area contributed by atoms with Crippen LogP contribution in [0.3, 0.4) is 0 Å². The molecule has 0 radical (unpaired) electrons. The van der Waals surface area contributed by atoms with Crippen LogP contribution >= 0.6 is 0 Å². The second-order valence-electron chi connectivity index (χ2n) is 8.80. The van der Waals surface area contributed by atoms with Crippen LogP contribution in [0.5, 0.6) is 0 Å². The first kappa shape index (κ1) is 22.5. The Kier molecular flexibility index (Phi) is 5.90. The lowest BCUT2D eigenvalue weighted by Crippen LogP contribution is -2.52. The summed E-state index contributed by atoms with van der Waals surface area (Å²) in [5.74, 6) is 0.234. The lowest BCUT2D eigenvalue weighted by Gasteiger charge is -2.35. The Bertz CT molecular complexity index is 1260. The highest BCUT2D eigenvalue weighted by atomic mass is 16.2. The van der Waals surface area contributed by atoms with Gasteiger partial charge in [-0.2, -0.15) is 4.98 Å². The van der Waals surface area contributed by atoms with Crippen LogP contribution < -0.4 is 10.2 Å². The molecule has 1 aromatic heterocycles. The van der Waals surface area contributed by atoms with Gasteiger partial charge in [-0.15, -0.1) is 0 Å². The maximum absolute atomic E-state index is 12.9. The number of hydrogen-bond acceptors (Lipinski definition) is 7. The Morgan fingerprint density at radius 1 is 0.886 bits per heavy atom. The van der Waals surface area contributed by atoms with Crippen molar-refractivity contribution < 1.29 is 14.4 Å². The van der Waals surface area contributed by atoms with Crippen molar-refractivity contribution in [3.8, 4) is 0 Å². The van der Waals surface area contributed by atoms with E-state index in [9.17, 15) is 14.4 Å². The third kappa shape index (κ3) is 4.57. The number of fused-ring (bicyclic) bond motifs is 1. The van der Waals surface area contributed by atoms with Crippen LogP contribution in [0.15, 0.2) is 54.6 Å².